The molecule has 1 unspecified atom stereocenters. The maximum absolute atomic E-state index is 6.26. The van der Waals surface area contributed by atoms with Gasteiger partial charge in [-0.1, -0.05) is 71.9 Å². The molecule has 0 radical (unpaired) electrons. The Morgan fingerprint density at radius 2 is 1.71 bits per heavy atom. The minimum absolute atomic E-state index is 0.208. The second-order valence-corrected chi connectivity index (χ2v) is 5.45. The molecule has 0 spiro atoms. The van der Waals surface area contributed by atoms with Gasteiger partial charge in [0.05, 0.1) is 12.2 Å². The molecule has 0 N–H and O–H groups in total. The first kappa shape index (κ1) is 13.1. The average Bonchev–Trinajstić information content (AvgIpc) is 2.65. The van der Waals surface area contributed by atoms with Crippen molar-refractivity contribution in [1.29, 1.82) is 0 Å². The minimum atomic E-state index is 0.208. The third kappa shape index (κ3) is 4.11. The van der Waals surface area contributed by atoms with E-state index in [0.717, 1.165) is 5.33 Å². The van der Waals surface area contributed by atoms with Gasteiger partial charge in [-0.3, -0.25) is 0 Å². The Balaban J connectivity index is 1.94. The van der Waals surface area contributed by atoms with E-state index in [1.54, 1.807) is 0 Å². The molecule has 0 aliphatic heterocycles. The van der Waals surface area contributed by atoms with Crippen molar-refractivity contribution in [3.05, 3.63) is 35.9 Å². The summed E-state index contributed by atoms with van der Waals surface area (Å²) in [5.74, 6) is 0. The molecule has 1 aliphatic carbocycles. The zero-order chi connectivity index (χ0) is 11.9. The molecular formula is C15H21BrO. The Bertz CT molecular complexity index is 304. The molecule has 1 aromatic rings. The number of halogens is 1. The molecule has 1 saturated carbocycles. The van der Waals surface area contributed by atoms with E-state index in [4.69, 9.17) is 4.74 Å². The van der Waals surface area contributed by atoms with Gasteiger partial charge in [-0.15, -0.1) is 0 Å². The summed E-state index contributed by atoms with van der Waals surface area (Å²) in [5, 5.41) is 0.882. The lowest BCUT2D eigenvalue weighted by atomic mass is 10.1. The first-order chi connectivity index (χ1) is 8.40. The maximum atomic E-state index is 6.26. The van der Waals surface area contributed by atoms with E-state index in [9.17, 15) is 0 Å². The van der Waals surface area contributed by atoms with Gasteiger partial charge in [0.15, 0.2) is 0 Å². The van der Waals surface area contributed by atoms with E-state index in [0.29, 0.717) is 6.10 Å². The quantitative estimate of drug-likeness (QED) is 0.569. The van der Waals surface area contributed by atoms with E-state index in [1.807, 2.05) is 0 Å². The second-order valence-electron chi connectivity index (χ2n) is 4.80. The Hall–Kier alpha value is -0.340. The van der Waals surface area contributed by atoms with Crippen molar-refractivity contribution in [1.82, 2.24) is 0 Å². The fourth-order valence-corrected chi connectivity index (χ4v) is 3.01. The van der Waals surface area contributed by atoms with Crippen LogP contribution in [0.25, 0.3) is 0 Å². The molecule has 17 heavy (non-hydrogen) atoms. The summed E-state index contributed by atoms with van der Waals surface area (Å²) in [7, 11) is 0. The Labute approximate surface area is 113 Å². The predicted octanol–water partition coefficient (Wildman–Crippen LogP) is 4.86. The van der Waals surface area contributed by atoms with Crippen LogP contribution in [0, 0.1) is 0 Å². The normalized spacial score (nSPS) is 19.8. The van der Waals surface area contributed by atoms with Crippen molar-refractivity contribution < 1.29 is 4.74 Å². The van der Waals surface area contributed by atoms with Crippen LogP contribution in [0.2, 0.25) is 0 Å². The lowest BCUT2D eigenvalue weighted by molar-refractivity contribution is -0.00791. The lowest BCUT2D eigenvalue weighted by Gasteiger charge is -2.23. The van der Waals surface area contributed by atoms with Crippen LogP contribution in [0.15, 0.2) is 30.3 Å². The zero-order valence-electron chi connectivity index (χ0n) is 10.3. The third-order valence-corrected chi connectivity index (χ3v) is 4.06. The highest BCUT2D eigenvalue weighted by Crippen LogP contribution is 2.27. The van der Waals surface area contributed by atoms with Crippen molar-refractivity contribution in [2.24, 2.45) is 0 Å². The van der Waals surface area contributed by atoms with Gasteiger partial charge in [0.25, 0.3) is 0 Å². The summed E-state index contributed by atoms with van der Waals surface area (Å²) in [4.78, 5) is 0. The smallest absolute Gasteiger partial charge is 0.0925 e. The largest absolute Gasteiger partial charge is 0.369 e. The number of alkyl halides is 1. The monoisotopic (exact) mass is 296 g/mol. The highest BCUT2D eigenvalue weighted by atomic mass is 79.9. The summed E-state index contributed by atoms with van der Waals surface area (Å²) < 4.78 is 6.26. The standard InChI is InChI=1S/C15H21BrO/c16-12-15(13-8-4-3-5-9-13)17-14-10-6-1-2-7-11-14/h3-5,8-9,14-15H,1-2,6-7,10-12H2. The van der Waals surface area contributed by atoms with Gasteiger partial charge in [0.1, 0.15) is 0 Å². The fraction of sp³-hybridized carbons (Fsp3) is 0.600. The molecule has 2 heteroatoms. The van der Waals surface area contributed by atoms with E-state index >= 15 is 0 Å². The summed E-state index contributed by atoms with van der Waals surface area (Å²) in [6.45, 7) is 0. The molecule has 1 aromatic carbocycles. The van der Waals surface area contributed by atoms with Gasteiger partial charge in [-0.2, -0.15) is 0 Å². The molecule has 1 aliphatic rings. The lowest BCUT2D eigenvalue weighted by Crippen LogP contribution is -2.17. The number of hydrogen-bond acceptors (Lipinski definition) is 1. The van der Waals surface area contributed by atoms with Gasteiger partial charge in [0, 0.05) is 5.33 Å². The average molecular weight is 297 g/mol. The molecule has 1 nitrogen and oxygen atoms in total. The second kappa shape index (κ2) is 7.17. The van der Waals surface area contributed by atoms with E-state index in [-0.39, 0.29) is 6.10 Å². The summed E-state index contributed by atoms with van der Waals surface area (Å²) in [5.41, 5.74) is 1.29. The van der Waals surface area contributed by atoms with Crippen LogP contribution in [-0.4, -0.2) is 11.4 Å². The summed E-state index contributed by atoms with van der Waals surface area (Å²) in [6.07, 6.45) is 8.55. The van der Waals surface area contributed by atoms with Gasteiger partial charge in [-0.25, -0.2) is 0 Å². The fourth-order valence-electron chi connectivity index (χ4n) is 2.48. The Morgan fingerprint density at radius 3 is 2.29 bits per heavy atom. The summed E-state index contributed by atoms with van der Waals surface area (Å²) >= 11 is 3.57. The van der Waals surface area contributed by atoms with Crippen molar-refractivity contribution in [2.45, 2.75) is 50.7 Å². The molecular weight excluding hydrogens is 276 g/mol. The van der Waals surface area contributed by atoms with Crippen LogP contribution in [0.4, 0.5) is 0 Å². The van der Waals surface area contributed by atoms with Crippen LogP contribution < -0.4 is 0 Å². The van der Waals surface area contributed by atoms with Crippen LogP contribution in [0.1, 0.15) is 50.2 Å². The van der Waals surface area contributed by atoms with Crippen LogP contribution in [0.5, 0.6) is 0 Å². The first-order valence-electron chi connectivity index (χ1n) is 6.66. The maximum Gasteiger partial charge on any atom is 0.0925 e. The van der Waals surface area contributed by atoms with Gasteiger partial charge < -0.3 is 4.74 Å². The SMILES string of the molecule is BrCC(OC1CCCCCC1)c1ccccc1. The zero-order valence-corrected chi connectivity index (χ0v) is 11.9. The van der Waals surface area contributed by atoms with Gasteiger partial charge in [-0.05, 0) is 18.4 Å². The number of ether oxygens (including phenoxy) is 1. The summed E-state index contributed by atoms with van der Waals surface area (Å²) in [6, 6.07) is 10.5. The molecule has 0 amide bonds. The van der Waals surface area contributed by atoms with Gasteiger partial charge in [0.2, 0.25) is 0 Å². The molecule has 0 bridgehead atoms. The molecule has 0 heterocycles. The van der Waals surface area contributed by atoms with E-state index < -0.39 is 0 Å². The number of benzene rings is 1. The predicted molar refractivity (Wildman–Crippen MR) is 75.6 cm³/mol. The van der Waals surface area contributed by atoms with Crippen molar-refractivity contribution in [2.75, 3.05) is 5.33 Å². The van der Waals surface area contributed by atoms with Gasteiger partial charge >= 0.3 is 0 Å². The molecule has 94 valence electrons. The minimum Gasteiger partial charge on any atom is -0.369 e. The molecule has 1 atom stereocenters. The van der Waals surface area contributed by atoms with Crippen molar-refractivity contribution >= 4 is 15.9 Å². The van der Waals surface area contributed by atoms with Crippen LogP contribution in [0.3, 0.4) is 0 Å². The van der Waals surface area contributed by atoms with Crippen molar-refractivity contribution in [3.8, 4) is 0 Å². The number of rotatable bonds is 4. The first-order valence-corrected chi connectivity index (χ1v) is 7.78. The number of hydrogen-bond donors (Lipinski definition) is 0. The highest BCUT2D eigenvalue weighted by Gasteiger charge is 2.18. The Morgan fingerprint density at radius 1 is 1.06 bits per heavy atom. The molecule has 0 saturated heterocycles. The highest BCUT2D eigenvalue weighted by molar-refractivity contribution is 9.09. The topological polar surface area (TPSA) is 9.23 Å². The molecule has 2 rings (SSSR count). The van der Waals surface area contributed by atoms with Crippen molar-refractivity contribution in [3.63, 3.8) is 0 Å². The molecule has 0 aromatic heterocycles. The van der Waals surface area contributed by atoms with E-state index in [1.165, 1.54) is 44.1 Å². The third-order valence-electron chi connectivity index (χ3n) is 3.47. The molecule has 1 fully saturated rings. The Kier molecular flexibility index (Phi) is 5.53. The van der Waals surface area contributed by atoms with E-state index in [2.05, 4.69) is 46.3 Å². The van der Waals surface area contributed by atoms with Crippen LogP contribution in [-0.2, 0) is 4.74 Å². The van der Waals surface area contributed by atoms with Crippen LogP contribution >= 0.6 is 15.9 Å².